The molecule has 3 heterocycles. The van der Waals surface area contributed by atoms with Gasteiger partial charge in [-0.1, -0.05) is 0 Å². The largest absolute Gasteiger partial charge is 0.486 e. The second kappa shape index (κ2) is 4.10. The van der Waals surface area contributed by atoms with Crippen molar-refractivity contribution in [3.63, 3.8) is 0 Å². The molecule has 0 spiro atoms. The van der Waals surface area contributed by atoms with Crippen LogP contribution in [0.15, 0.2) is 4.42 Å². The number of fused-ring (bicyclic) bond motifs is 1. The number of furan rings is 2. The summed E-state index contributed by atoms with van der Waals surface area (Å²) in [7, 11) is 0. The van der Waals surface area contributed by atoms with Gasteiger partial charge in [-0.05, 0) is 20.8 Å². The Balaban J connectivity index is 2.02. The minimum Gasteiger partial charge on any atom is -0.486 e. The third-order valence-electron chi connectivity index (χ3n) is 3.32. The van der Waals surface area contributed by atoms with E-state index in [4.69, 9.17) is 13.9 Å². The molecule has 108 valence electrons. The lowest BCUT2D eigenvalue weighted by molar-refractivity contribution is 0.0687. The molecule has 0 aromatic carbocycles. The van der Waals surface area contributed by atoms with Crippen LogP contribution in [-0.2, 0) is 5.60 Å². The van der Waals surface area contributed by atoms with Crippen LogP contribution in [0, 0.1) is 0 Å². The van der Waals surface area contributed by atoms with Crippen molar-refractivity contribution in [1.29, 1.82) is 0 Å². The molecule has 1 aliphatic heterocycles. The van der Waals surface area contributed by atoms with Crippen molar-refractivity contribution < 1.29 is 28.9 Å². The number of carbonyl (C=O) groups excluding carboxylic acids is 1. The molecule has 2 aromatic heterocycles. The summed E-state index contributed by atoms with van der Waals surface area (Å²) in [5, 5.41) is 19.4. The van der Waals surface area contributed by atoms with E-state index in [2.05, 4.69) is 0 Å². The highest BCUT2D eigenvalue weighted by Gasteiger charge is 2.44. The summed E-state index contributed by atoms with van der Waals surface area (Å²) in [6, 6.07) is 0. The fourth-order valence-corrected chi connectivity index (χ4v) is 2.43. The van der Waals surface area contributed by atoms with Gasteiger partial charge >= 0.3 is 5.97 Å². The molecule has 0 radical (unpaired) electrons. The van der Waals surface area contributed by atoms with Crippen molar-refractivity contribution in [2.45, 2.75) is 38.9 Å². The number of hydrogen-bond acceptors (Lipinski definition) is 6. The average Bonchev–Trinajstić information content (AvgIpc) is 2.89. The van der Waals surface area contributed by atoms with E-state index in [0.29, 0.717) is 28.9 Å². The zero-order valence-electron chi connectivity index (χ0n) is 11.5. The van der Waals surface area contributed by atoms with Crippen LogP contribution in [0.3, 0.4) is 0 Å². The summed E-state index contributed by atoms with van der Waals surface area (Å²) in [5.74, 6) is 0.0715. The molecule has 20 heavy (non-hydrogen) atoms. The van der Waals surface area contributed by atoms with Gasteiger partial charge in [-0.15, -0.1) is 0 Å². The van der Waals surface area contributed by atoms with Gasteiger partial charge in [-0.25, -0.2) is 4.79 Å². The van der Waals surface area contributed by atoms with E-state index in [1.165, 1.54) is 0 Å². The van der Waals surface area contributed by atoms with Crippen molar-refractivity contribution in [2.75, 3.05) is 6.61 Å². The molecule has 2 N–H and O–H groups in total. The van der Waals surface area contributed by atoms with Gasteiger partial charge in [0.05, 0.1) is 18.3 Å². The normalized spacial score (nSPS) is 15.9. The molecular weight excluding hydrogens is 264 g/mol. The first-order valence-corrected chi connectivity index (χ1v) is 6.48. The molecule has 2 aromatic rings. The summed E-state index contributed by atoms with van der Waals surface area (Å²) >= 11 is 0. The minimum absolute atomic E-state index is 0.267. The van der Waals surface area contributed by atoms with Gasteiger partial charge in [0, 0.05) is 12.0 Å². The summed E-state index contributed by atoms with van der Waals surface area (Å²) in [4.78, 5) is 11.8. The fourth-order valence-electron chi connectivity index (χ4n) is 2.43. The molecule has 3 rings (SSSR count). The summed E-state index contributed by atoms with van der Waals surface area (Å²) in [6.07, 6.45) is -0.0364. The van der Waals surface area contributed by atoms with E-state index < -0.39 is 17.7 Å². The first kappa shape index (κ1) is 13.2. The van der Waals surface area contributed by atoms with Gasteiger partial charge in [-0.3, -0.25) is 0 Å². The maximum Gasteiger partial charge on any atom is 0.348 e. The highest BCUT2D eigenvalue weighted by atomic mass is 16.6. The van der Waals surface area contributed by atoms with Crippen LogP contribution in [0.4, 0.5) is 0 Å². The van der Waals surface area contributed by atoms with Crippen molar-refractivity contribution >= 4 is 17.1 Å². The van der Waals surface area contributed by atoms with Crippen molar-refractivity contribution in [2.24, 2.45) is 0 Å². The lowest BCUT2D eigenvalue weighted by Gasteiger charge is -2.17. The van der Waals surface area contributed by atoms with Crippen LogP contribution in [-0.4, -0.2) is 28.9 Å². The standard InChI is InChI=1S/C14H16O6/c1-6(15)4-5-18-11-10-8(14(2,3)17)7-9(19-10)12(11)20-13(7)16/h6,15,17H,4-5H2,1-3H3. The molecule has 2 bridgehead atoms. The first-order chi connectivity index (χ1) is 9.30. The predicted octanol–water partition coefficient (Wildman–Crippen LogP) is 1.78. The molecule has 1 atom stereocenters. The number of rotatable bonds is 5. The van der Waals surface area contributed by atoms with Crippen LogP contribution in [0.25, 0.3) is 11.2 Å². The van der Waals surface area contributed by atoms with Crippen LogP contribution < -0.4 is 9.47 Å². The van der Waals surface area contributed by atoms with Gasteiger partial charge < -0.3 is 24.1 Å². The van der Waals surface area contributed by atoms with Gasteiger partial charge in [0.2, 0.25) is 11.5 Å². The molecular formula is C14H16O6. The molecule has 0 fully saturated rings. The second-order valence-corrected chi connectivity index (χ2v) is 5.60. The Morgan fingerprint density at radius 1 is 1.35 bits per heavy atom. The van der Waals surface area contributed by atoms with E-state index in [1.807, 2.05) is 0 Å². The average molecular weight is 280 g/mol. The summed E-state index contributed by atoms with van der Waals surface area (Å²) < 4.78 is 16.2. The lowest BCUT2D eigenvalue weighted by Crippen LogP contribution is -2.18. The van der Waals surface area contributed by atoms with Gasteiger partial charge in [0.1, 0.15) is 5.56 Å². The number of esters is 1. The number of aliphatic hydroxyl groups is 2. The van der Waals surface area contributed by atoms with Crippen LogP contribution in [0.2, 0.25) is 0 Å². The Morgan fingerprint density at radius 3 is 2.65 bits per heavy atom. The van der Waals surface area contributed by atoms with Crippen molar-refractivity contribution in [1.82, 2.24) is 0 Å². The maximum absolute atomic E-state index is 11.8. The van der Waals surface area contributed by atoms with Crippen LogP contribution in [0.5, 0.6) is 11.5 Å². The smallest absolute Gasteiger partial charge is 0.348 e. The Bertz CT molecular complexity index is 661. The third-order valence-corrected chi connectivity index (χ3v) is 3.32. The third kappa shape index (κ3) is 1.76. The number of hydrogen-bond donors (Lipinski definition) is 2. The SMILES string of the molecule is CC(O)CCOc1c2c3oc1c(C(C)(C)O)c3C(=O)O2. The van der Waals surface area contributed by atoms with Gasteiger partial charge in [0.25, 0.3) is 0 Å². The fraction of sp³-hybridized carbons (Fsp3) is 0.500. The molecule has 0 amide bonds. The van der Waals surface area contributed by atoms with E-state index in [-0.39, 0.29) is 17.9 Å². The number of ether oxygens (including phenoxy) is 2. The Kier molecular flexibility index (Phi) is 2.71. The zero-order chi connectivity index (χ0) is 14.7. The zero-order valence-corrected chi connectivity index (χ0v) is 11.5. The minimum atomic E-state index is -1.24. The number of benzene rings is 1. The summed E-state index contributed by atoms with van der Waals surface area (Å²) in [5.41, 5.74) is 0.111. The van der Waals surface area contributed by atoms with E-state index in [0.717, 1.165) is 0 Å². The predicted molar refractivity (Wildman–Crippen MR) is 69.4 cm³/mol. The van der Waals surface area contributed by atoms with Crippen molar-refractivity contribution in [3.05, 3.63) is 11.1 Å². The van der Waals surface area contributed by atoms with Gasteiger partial charge in [-0.2, -0.15) is 0 Å². The topological polar surface area (TPSA) is 89.1 Å². The Hall–Kier alpha value is -1.79. The van der Waals surface area contributed by atoms with Gasteiger partial charge in [0.15, 0.2) is 11.2 Å². The first-order valence-electron chi connectivity index (χ1n) is 6.48. The van der Waals surface area contributed by atoms with Crippen LogP contribution >= 0.6 is 0 Å². The van der Waals surface area contributed by atoms with E-state index >= 15 is 0 Å². The summed E-state index contributed by atoms with van der Waals surface area (Å²) in [6.45, 7) is 5.08. The molecule has 0 aliphatic carbocycles. The van der Waals surface area contributed by atoms with E-state index in [1.54, 1.807) is 20.8 Å². The molecule has 0 saturated carbocycles. The molecule has 6 heteroatoms. The van der Waals surface area contributed by atoms with E-state index in [9.17, 15) is 15.0 Å². The Morgan fingerprint density at radius 2 is 2.05 bits per heavy atom. The number of aliphatic hydroxyl groups excluding tert-OH is 1. The van der Waals surface area contributed by atoms with Crippen molar-refractivity contribution in [3.8, 4) is 11.5 Å². The highest BCUT2D eigenvalue weighted by Crippen LogP contribution is 2.54. The van der Waals surface area contributed by atoms with Crippen LogP contribution in [0.1, 0.15) is 43.1 Å². The highest BCUT2D eigenvalue weighted by molar-refractivity contribution is 6.12. The molecule has 1 unspecified atom stereocenters. The maximum atomic E-state index is 11.8. The molecule has 1 aliphatic rings. The second-order valence-electron chi connectivity index (χ2n) is 5.60. The number of carbonyl (C=O) groups is 1. The molecule has 6 nitrogen and oxygen atoms in total. The quantitative estimate of drug-likeness (QED) is 0.811. The Labute approximate surface area is 115 Å². The molecule has 0 saturated heterocycles. The lowest BCUT2D eigenvalue weighted by atomic mass is 9.93. The monoisotopic (exact) mass is 280 g/mol.